The zero-order valence-electron chi connectivity index (χ0n) is 12.1. The van der Waals surface area contributed by atoms with E-state index in [1.54, 1.807) is 0 Å². The molecule has 3 heteroatoms. The number of hydrogen-bond acceptors (Lipinski definition) is 3. The third-order valence-corrected chi connectivity index (χ3v) is 3.63. The molecule has 0 saturated heterocycles. The topological polar surface area (TPSA) is 42.2 Å². The van der Waals surface area contributed by atoms with Gasteiger partial charge in [0.25, 0.3) is 0 Å². The Labute approximate surface area is 115 Å². The molecule has 0 atom stereocenters. The molecule has 102 valence electrons. The number of pyridine rings is 1. The van der Waals surface area contributed by atoms with Gasteiger partial charge in [-0.05, 0) is 44.0 Å². The maximum atomic E-state index is 5.89. The van der Waals surface area contributed by atoms with Gasteiger partial charge in [0.1, 0.15) is 5.82 Å². The quantitative estimate of drug-likeness (QED) is 0.895. The van der Waals surface area contributed by atoms with Crippen molar-refractivity contribution in [3.8, 4) is 0 Å². The molecule has 0 unspecified atom stereocenters. The molecule has 0 aliphatic heterocycles. The van der Waals surface area contributed by atoms with Crippen molar-refractivity contribution < 1.29 is 0 Å². The van der Waals surface area contributed by atoms with Crippen molar-refractivity contribution in [2.24, 2.45) is 5.73 Å². The normalized spacial score (nSPS) is 10.9. The Kier molecular flexibility index (Phi) is 4.38. The first kappa shape index (κ1) is 13.8. The number of anilines is 1. The molecule has 2 N–H and O–H groups in total. The van der Waals surface area contributed by atoms with Gasteiger partial charge >= 0.3 is 0 Å². The van der Waals surface area contributed by atoms with Crippen molar-refractivity contribution in [2.45, 2.75) is 33.7 Å². The van der Waals surface area contributed by atoms with Crippen molar-refractivity contribution in [1.82, 2.24) is 4.98 Å². The molecule has 2 rings (SSSR count). The zero-order valence-corrected chi connectivity index (χ0v) is 12.1. The predicted molar refractivity (Wildman–Crippen MR) is 82.6 cm³/mol. The third kappa shape index (κ3) is 2.71. The van der Waals surface area contributed by atoms with Gasteiger partial charge in [-0.25, -0.2) is 4.98 Å². The van der Waals surface area contributed by atoms with Crippen LogP contribution in [0.4, 0.5) is 5.82 Å². The first-order valence-corrected chi connectivity index (χ1v) is 7.11. The predicted octanol–water partition coefficient (Wildman–Crippen LogP) is 3.10. The number of nitrogens with zero attached hydrogens (tertiary/aromatic N) is 2. The Morgan fingerprint density at radius 1 is 1.11 bits per heavy atom. The molecule has 1 aromatic heterocycles. The summed E-state index contributed by atoms with van der Waals surface area (Å²) >= 11 is 0. The Morgan fingerprint density at radius 3 is 2.42 bits per heavy atom. The largest absolute Gasteiger partial charge is 0.357 e. The molecule has 2 aromatic rings. The molecule has 0 aliphatic rings. The van der Waals surface area contributed by atoms with E-state index in [1.807, 2.05) is 0 Å². The molecule has 0 spiro atoms. The maximum absolute atomic E-state index is 5.89. The van der Waals surface area contributed by atoms with Gasteiger partial charge < -0.3 is 10.6 Å². The Bertz CT molecular complexity index is 559. The van der Waals surface area contributed by atoms with E-state index < -0.39 is 0 Å². The number of fused-ring (bicyclic) bond motifs is 1. The molecule has 1 aromatic carbocycles. The van der Waals surface area contributed by atoms with Gasteiger partial charge in [0.15, 0.2) is 0 Å². The second-order valence-electron chi connectivity index (χ2n) is 4.73. The molecule has 1 heterocycles. The lowest BCUT2D eigenvalue weighted by atomic mass is 10.1. The lowest BCUT2D eigenvalue weighted by Gasteiger charge is -2.23. The molecular formula is C16H23N3. The summed E-state index contributed by atoms with van der Waals surface area (Å²) in [5.41, 5.74) is 9.41. The van der Waals surface area contributed by atoms with Crippen LogP contribution in [0.15, 0.2) is 24.3 Å². The summed E-state index contributed by atoms with van der Waals surface area (Å²) in [6.07, 6.45) is 1.05. The van der Waals surface area contributed by atoms with E-state index in [4.69, 9.17) is 10.7 Å². The van der Waals surface area contributed by atoms with Gasteiger partial charge in [0.05, 0.1) is 5.52 Å². The maximum Gasteiger partial charge on any atom is 0.133 e. The first-order chi connectivity index (χ1) is 9.23. The van der Waals surface area contributed by atoms with E-state index in [2.05, 4.69) is 49.9 Å². The van der Waals surface area contributed by atoms with Crippen LogP contribution in [0.3, 0.4) is 0 Å². The Balaban J connectivity index is 2.59. The summed E-state index contributed by atoms with van der Waals surface area (Å²) < 4.78 is 0. The minimum Gasteiger partial charge on any atom is -0.357 e. The highest BCUT2D eigenvalue weighted by molar-refractivity contribution is 5.82. The van der Waals surface area contributed by atoms with Crippen LogP contribution in [0.25, 0.3) is 10.9 Å². The first-order valence-electron chi connectivity index (χ1n) is 7.11. The Morgan fingerprint density at radius 2 is 1.84 bits per heavy atom. The van der Waals surface area contributed by atoms with E-state index in [0.717, 1.165) is 36.4 Å². The van der Waals surface area contributed by atoms with E-state index in [1.165, 1.54) is 10.9 Å². The van der Waals surface area contributed by atoms with Gasteiger partial charge in [-0.2, -0.15) is 0 Å². The summed E-state index contributed by atoms with van der Waals surface area (Å²) in [6, 6.07) is 8.67. The number of nitrogens with two attached hydrogens (primary N) is 1. The second-order valence-corrected chi connectivity index (χ2v) is 4.73. The van der Waals surface area contributed by atoms with E-state index in [9.17, 15) is 0 Å². The third-order valence-electron chi connectivity index (χ3n) is 3.63. The van der Waals surface area contributed by atoms with Crippen molar-refractivity contribution in [1.29, 1.82) is 0 Å². The lowest BCUT2D eigenvalue weighted by molar-refractivity contribution is 0.835. The summed E-state index contributed by atoms with van der Waals surface area (Å²) in [7, 11) is 0. The molecular weight excluding hydrogens is 234 g/mol. The van der Waals surface area contributed by atoms with Crippen LogP contribution >= 0.6 is 0 Å². The molecule has 0 amide bonds. The van der Waals surface area contributed by atoms with E-state index >= 15 is 0 Å². The van der Waals surface area contributed by atoms with E-state index in [-0.39, 0.29) is 0 Å². The lowest BCUT2D eigenvalue weighted by Crippen LogP contribution is -2.25. The fourth-order valence-electron chi connectivity index (χ4n) is 2.43. The molecule has 19 heavy (non-hydrogen) atoms. The standard InChI is InChI=1S/C16H23N3/c1-4-12-7-8-15-13(9-12)10-14(11-17)16(18-15)19(5-2)6-3/h7-10H,4-6,11,17H2,1-3H3. The van der Waals surface area contributed by atoms with Crippen LogP contribution in [0.2, 0.25) is 0 Å². The number of benzene rings is 1. The van der Waals surface area contributed by atoms with Crippen LogP contribution in [0.5, 0.6) is 0 Å². The minimum atomic E-state index is 0.533. The van der Waals surface area contributed by atoms with Gasteiger partial charge in [-0.3, -0.25) is 0 Å². The molecule has 0 bridgehead atoms. The second kappa shape index (κ2) is 6.02. The SMILES string of the molecule is CCc1ccc2nc(N(CC)CC)c(CN)cc2c1. The van der Waals surface area contributed by atoms with Crippen LogP contribution < -0.4 is 10.6 Å². The molecule has 0 aliphatic carbocycles. The average molecular weight is 257 g/mol. The van der Waals surface area contributed by atoms with Gasteiger partial charge in [0, 0.05) is 30.6 Å². The van der Waals surface area contributed by atoms with Crippen molar-refractivity contribution in [3.63, 3.8) is 0 Å². The molecule has 0 radical (unpaired) electrons. The average Bonchev–Trinajstić information content (AvgIpc) is 2.47. The number of hydrogen-bond donors (Lipinski definition) is 1. The van der Waals surface area contributed by atoms with Crippen LogP contribution in [-0.2, 0) is 13.0 Å². The zero-order chi connectivity index (χ0) is 13.8. The van der Waals surface area contributed by atoms with Crippen LogP contribution in [0.1, 0.15) is 31.9 Å². The number of aromatic nitrogens is 1. The molecule has 3 nitrogen and oxygen atoms in total. The minimum absolute atomic E-state index is 0.533. The summed E-state index contributed by atoms with van der Waals surface area (Å²) in [4.78, 5) is 7.07. The highest BCUT2D eigenvalue weighted by Crippen LogP contribution is 2.24. The highest BCUT2D eigenvalue weighted by atomic mass is 15.2. The molecule has 0 saturated carbocycles. The van der Waals surface area contributed by atoms with Crippen molar-refractivity contribution in [3.05, 3.63) is 35.4 Å². The highest BCUT2D eigenvalue weighted by Gasteiger charge is 2.11. The van der Waals surface area contributed by atoms with Crippen LogP contribution in [0, 0.1) is 0 Å². The van der Waals surface area contributed by atoms with Crippen molar-refractivity contribution >= 4 is 16.7 Å². The van der Waals surface area contributed by atoms with Gasteiger partial charge in [0.2, 0.25) is 0 Å². The van der Waals surface area contributed by atoms with E-state index in [0.29, 0.717) is 6.54 Å². The van der Waals surface area contributed by atoms with Gasteiger partial charge in [-0.1, -0.05) is 13.0 Å². The summed E-state index contributed by atoms with van der Waals surface area (Å²) in [5.74, 6) is 1.03. The van der Waals surface area contributed by atoms with Crippen molar-refractivity contribution in [2.75, 3.05) is 18.0 Å². The molecule has 0 fully saturated rings. The summed E-state index contributed by atoms with van der Waals surface area (Å²) in [6.45, 7) is 8.91. The van der Waals surface area contributed by atoms with Crippen LogP contribution in [-0.4, -0.2) is 18.1 Å². The monoisotopic (exact) mass is 257 g/mol. The number of aryl methyl sites for hydroxylation is 1. The smallest absolute Gasteiger partial charge is 0.133 e. The fourth-order valence-corrected chi connectivity index (χ4v) is 2.43. The number of rotatable bonds is 5. The fraction of sp³-hybridized carbons (Fsp3) is 0.438. The summed E-state index contributed by atoms with van der Waals surface area (Å²) in [5, 5.41) is 1.19. The van der Waals surface area contributed by atoms with Gasteiger partial charge in [-0.15, -0.1) is 0 Å². The Hall–Kier alpha value is -1.61.